The van der Waals surface area contributed by atoms with E-state index in [1.807, 2.05) is 0 Å². The first kappa shape index (κ1) is 11.0. The van der Waals surface area contributed by atoms with Crippen molar-refractivity contribution in [3.8, 4) is 0 Å². The topological polar surface area (TPSA) is 15.3 Å². The highest BCUT2D eigenvalue weighted by molar-refractivity contribution is 4.79. The number of hydrogen-bond acceptors (Lipinski definition) is 2. The molecule has 78 valence electrons. The summed E-state index contributed by atoms with van der Waals surface area (Å²) in [7, 11) is 0. The van der Waals surface area contributed by atoms with E-state index in [1.165, 1.54) is 32.5 Å². The first-order chi connectivity index (χ1) is 6.24. The van der Waals surface area contributed by atoms with Crippen LogP contribution in [0.2, 0.25) is 0 Å². The number of likely N-dealkylation sites (tertiary alicyclic amines) is 1. The van der Waals surface area contributed by atoms with Crippen LogP contribution in [0.4, 0.5) is 0 Å². The Morgan fingerprint density at radius 3 is 2.85 bits per heavy atom. The molecule has 0 bridgehead atoms. The number of likely N-dealkylation sites (N-methyl/N-ethyl adjacent to an activating group) is 1. The molecule has 13 heavy (non-hydrogen) atoms. The zero-order chi connectivity index (χ0) is 9.68. The van der Waals surface area contributed by atoms with Gasteiger partial charge in [0.15, 0.2) is 0 Å². The summed E-state index contributed by atoms with van der Waals surface area (Å²) in [5.74, 6) is 0.775. The van der Waals surface area contributed by atoms with Crippen molar-refractivity contribution in [3.05, 3.63) is 0 Å². The van der Waals surface area contributed by atoms with E-state index in [0.717, 1.165) is 18.5 Å². The fourth-order valence-electron chi connectivity index (χ4n) is 2.08. The second kappa shape index (κ2) is 5.61. The van der Waals surface area contributed by atoms with Gasteiger partial charge in [-0.2, -0.15) is 0 Å². The second-order valence-electron chi connectivity index (χ2n) is 4.48. The number of nitrogens with one attached hydrogen (secondary N) is 1. The molecule has 0 saturated carbocycles. The van der Waals surface area contributed by atoms with E-state index in [4.69, 9.17) is 0 Å². The summed E-state index contributed by atoms with van der Waals surface area (Å²) in [4.78, 5) is 2.59. The molecule has 1 unspecified atom stereocenters. The van der Waals surface area contributed by atoms with Gasteiger partial charge in [0.25, 0.3) is 0 Å². The maximum atomic E-state index is 3.55. The van der Waals surface area contributed by atoms with Crippen LogP contribution in [0.15, 0.2) is 0 Å². The van der Waals surface area contributed by atoms with Gasteiger partial charge in [0.1, 0.15) is 0 Å². The Morgan fingerprint density at radius 2 is 2.23 bits per heavy atom. The van der Waals surface area contributed by atoms with Crippen LogP contribution in [-0.4, -0.2) is 37.1 Å². The molecule has 1 N–H and O–H groups in total. The quantitative estimate of drug-likeness (QED) is 0.700. The first-order valence-electron chi connectivity index (χ1n) is 5.68. The molecule has 1 heterocycles. The van der Waals surface area contributed by atoms with E-state index >= 15 is 0 Å². The molecule has 1 atom stereocenters. The Morgan fingerprint density at radius 1 is 1.46 bits per heavy atom. The molecule has 0 amide bonds. The summed E-state index contributed by atoms with van der Waals surface area (Å²) in [6, 6.07) is 0.809. The van der Waals surface area contributed by atoms with Crippen molar-refractivity contribution in [3.63, 3.8) is 0 Å². The van der Waals surface area contributed by atoms with Crippen molar-refractivity contribution >= 4 is 0 Å². The lowest BCUT2D eigenvalue weighted by molar-refractivity contribution is 0.258. The van der Waals surface area contributed by atoms with E-state index in [1.54, 1.807) is 0 Å². The Labute approximate surface area is 82.7 Å². The Hall–Kier alpha value is -0.0800. The van der Waals surface area contributed by atoms with Gasteiger partial charge in [-0.25, -0.2) is 0 Å². The van der Waals surface area contributed by atoms with Crippen molar-refractivity contribution in [1.29, 1.82) is 0 Å². The second-order valence-corrected chi connectivity index (χ2v) is 4.48. The molecule has 2 heteroatoms. The third kappa shape index (κ3) is 3.65. The van der Waals surface area contributed by atoms with Gasteiger partial charge in [-0.1, -0.05) is 20.8 Å². The highest BCUT2D eigenvalue weighted by atomic mass is 15.2. The molecule has 0 radical (unpaired) electrons. The average molecular weight is 184 g/mol. The molecule has 0 spiro atoms. The van der Waals surface area contributed by atoms with Crippen molar-refractivity contribution < 1.29 is 0 Å². The SMILES string of the molecule is CCN1CCCC1CNCC(C)C. The molecule has 1 saturated heterocycles. The fourth-order valence-corrected chi connectivity index (χ4v) is 2.08. The highest BCUT2D eigenvalue weighted by Gasteiger charge is 2.21. The molecule has 1 fully saturated rings. The molecule has 0 aromatic carbocycles. The third-order valence-corrected chi connectivity index (χ3v) is 2.84. The van der Waals surface area contributed by atoms with E-state index in [9.17, 15) is 0 Å². The molecule has 1 aliphatic rings. The Balaban J connectivity index is 2.13. The lowest BCUT2D eigenvalue weighted by Crippen LogP contribution is -2.38. The monoisotopic (exact) mass is 184 g/mol. The highest BCUT2D eigenvalue weighted by Crippen LogP contribution is 2.15. The Kier molecular flexibility index (Phi) is 4.74. The summed E-state index contributed by atoms with van der Waals surface area (Å²) in [6.45, 7) is 11.7. The van der Waals surface area contributed by atoms with Crippen molar-refractivity contribution in [2.45, 2.75) is 39.7 Å². The van der Waals surface area contributed by atoms with Crippen LogP contribution >= 0.6 is 0 Å². The predicted molar refractivity (Wildman–Crippen MR) is 58.0 cm³/mol. The summed E-state index contributed by atoms with van der Waals surface area (Å²) < 4.78 is 0. The zero-order valence-electron chi connectivity index (χ0n) is 9.34. The Bertz CT molecular complexity index is 134. The molecular weight excluding hydrogens is 160 g/mol. The summed E-state index contributed by atoms with van der Waals surface area (Å²) in [6.07, 6.45) is 2.78. The van der Waals surface area contributed by atoms with Crippen LogP contribution in [0.5, 0.6) is 0 Å². The standard InChI is InChI=1S/C11H24N2/c1-4-13-7-5-6-11(13)9-12-8-10(2)3/h10-12H,4-9H2,1-3H3. The summed E-state index contributed by atoms with van der Waals surface area (Å²) in [5, 5.41) is 3.55. The smallest absolute Gasteiger partial charge is 0.0220 e. The minimum absolute atomic E-state index is 0.775. The van der Waals surface area contributed by atoms with Gasteiger partial charge in [0.05, 0.1) is 0 Å². The summed E-state index contributed by atoms with van der Waals surface area (Å²) in [5.41, 5.74) is 0. The molecule has 0 aliphatic carbocycles. The van der Waals surface area contributed by atoms with Gasteiger partial charge in [0.2, 0.25) is 0 Å². The van der Waals surface area contributed by atoms with Crippen LogP contribution in [-0.2, 0) is 0 Å². The maximum absolute atomic E-state index is 3.55. The lowest BCUT2D eigenvalue weighted by atomic mass is 10.2. The first-order valence-corrected chi connectivity index (χ1v) is 5.68. The van der Waals surface area contributed by atoms with Crippen LogP contribution in [0.3, 0.4) is 0 Å². The van der Waals surface area contributed by atoms with Crippen molar-refractivity contribution in [2.24, 2.45) is 5.92 Å². The normalized spacial score (nSPS) is 24.5. The van der Waals surface area contributed by atoms with Gasteiger partial charge in [-0.15, -0.1) is 0 Å². The van der Waals surface area contributed by atoms with Crippen molar-refractivity contribution in [1.82, 2.24) is 10.2 Å². The van der Waals surface area contributed by atoms with Crippen LogP contribution in [0, 0.1) is 5.92 Å². The predicted octanol–water partition coefficient (Wildman–Crippen LogP) is 1.72. The van der Waals surface area contributed by atoms with Gasteiger partial charge >= 0.3 is 0 Å². The van der Waals surface area contributed by atoms with Crippen molar-refractivity contribution in [2.75, 3.05) is 26.2 Å². The van der Waals surface area contributed by atoms with Gasteiger partial charge < -0.3 is 5.32 Å². The number of rotatable bonds is 5. The zero-order valence-corrected chi connectivity index (χ0v) is 9.34. The minimum Gasteiger partial charge on any atom is -0.315 e. The van der Waals surface area contributed by atoms with Crippen LogP contribution in [0.25, 0.3) is 0 Å². The van der Waals surface area contributed by atoms with E-state index in [-0.39, 0.29) is 0 Å². The van der Waals surface area contributed by atoms with Gasteiger partial charge in [-0.3, -0.25) is 4.90 Å². The lowest BCUT2D eigenvalue weighted by Gasteiger charge is -2.23. The summed E-state index contributed by atoms with van der Waals surface area (Å²) >= 11 is 0. The van der Waals surface area contributed by atoms with Gasteiger partial charge in [0, 0.05) is 12.6 Å². The molecule has 1 aliphatic heterocycles. The molecular formula is C11H24N2. The van der Waals surface area contributed by atoms with E-state index < -0.39 is 0 Å². The maximum Gasteiger partial charge on any atom is 0.0220 e. The molecule has 0 aromatic rings. The molecule has 1 rings (SSSR count). The molecule has 0 aromatic heterocycles. The van der Waals surface area contributed by atoms with Crippen LogP contribution < -0.4 is 5.32 Å². The average Bonchev–Trinajstić information content (AvgIpc) is 2.51. The van der Waals surface area contributed by atoms with Crippen LogP contribution in [0.1, 0.15) is 33.6 Å². The number of nitrogens with zero attached hydrogens (tertiary/aromatic N) is 1. The van der Waals surface area contributed by atoms with E-state index in [0.29, 0.717) is 0 Å². The van der Waals surface area contributed by atoms with E-state index in [2.05, 4.69) is 31.0 Å². The largest absolute Gasteiger partial charge is 0.315 e. The third-order valence-electron chi connectivity index (χ3n) is 2.84. The minimum atomic E-state index is 0.775. The number of hydrogen-bond donors (Lipinski definition) is 1. The molecule has 2 nitrogen and oxygen atoms in total. The fraction of sp³-hybridized carbons (Fsp3) is 1.00. The van der Waals surface area contributed by atoms with Gasteiger partial charge in [-0.05, 0) is 38.4 Å².